The number of hydrogen-bond acceptors (Lipinski definition) is 3. The Morgan fingerprint density at radius 1 is 1.14 bits per heavy atom. The molecule has 0 rings (SSSR count). The third-order valence-corrected chi connectivity index (χ3v) is 1.49. The Morgan fingerprint density at radius 2 is 1.64 bits per heavy atom. The second kappa shape index (κ2) is 23.0. The van der Waals surface area contributed by atoms with Crippen molar-refractivity contribution < 1.29 is 20.6 Å². The third kappa shape index (κ3) is 22.6. The van der Waals surface area contributed by atoms with Crippen LogP contribution in [0.15, 0.2) is 0 Å². The number of unbranched alkanes of at least 4 members (excludes halogenated alkanes) is 1. The Morgan fingerprint density at radius 3 is 2.00 bits per heavy atom. The van der Waals surface area contributed by atoms with Gasteiger partial charge in [-0.15, -0.1) is 0 Å². The highest BCUT2D eigenvalue weighted by Gasteiger charge is 1.99. The van der Waals surface area contributed by atoms with E-state index in [0.717, 1.165) is 32.9 Å². The molecule has 0 aromatic carbocycles. The van der Waals surface area contributed by atoms with E-state index >= 15 is 0 Å². The average Bonchev–Trinajstić information content (AvgIpc) is 2.29. The Hall–Kier alpha value is -0.160. The fourth-order valence-electron chi connectivity index (χ4n) is 0.820. The molecule has 5 N–H and O–H groups in total. The van der Waals surface area contributed by atoms with Gasteiger partial charge in [-0.3, -0.25) is 0 Å². The molecular weight excluding hydrogens is 182 g/mol. The van der Waals surface area contributed by atoms with Crippen molar-refractivity contribution in [3.05, 3.63) is 0 Å². The Bertz CT molecular complexity index is 72.4. The summed E-state index contributed by atoms with van der Waals surface area (Å²) in [6.07, 6.45) is 2.35. The highest BCUT2D eigenvalue weighted by molar-refractivity contribution is 4.51. The van der Waals surface area contributed by atoms with Crippen LogP contribution < -0.4 is 5.32 Å². The molecule has 1 atom stereocenters. The Kier molecular flexibility index (Phi) is 31.9. The molecule has 0 aliphatic heterocycles. The van der Waals surface area contributed by atoms with Crippen LogP contribution in [0, 0.1) is 0 Å². The monoisotopic (exact) mass is 210 g/mol. The molecule has 0 aromatic heterocycles. The summed E-state index contributed by atoms with van der Waals surface area (Å²) in [6.45, 7) is 5.01. The van der Waals surface area contributed by atoms with E-state index < -0.39 is 6.10 Å². The van der Waals surface area contributed by atoms with Crippen LogP contribution in [0.25, 0.3) is 0 Å². The van der Waals surface area contributed by atoms with Crippen LogP contribution in [0.4, 0.5) is 0 Å². The largest absolute Gasteiger partial charge is 0.400 e. The zero-order valence-corrected chi connectivity index (χ0v) is 10.0. The number of quaternary nitrogens is 1. The first-order valence-electron chi connectivity index (χ1n) is 5.32. The predicted molar refractivity (Wildman–Crippen MR) is 59.2 cm³/mol. The quantitative estimate of drug-likeness (QED) is 0.440. The van der Waals surface area contributed by atoms with Crippen LogP contribution in [-0.4, -0.2) is 48.7 Å². The lowest BCUT2D eigenvalue weighted by molar-refractivity contribution is -0.627. The van der Waals surface area contributed by atoms with Gasteiger partial charge in [0.1, 0.15) is 0 Å². The summed E-state index contributed by atoms with van der Waals surface area (Å²) in [4.78, 5) is 0. The van der Waals surface area contributed by atoms with Gasteiger partial charge in [0.25, 0.3) is 0 Å². The second-order valence-corrected chi connectivity index (χ2v) is 2.53. The summed E-state index contributed by atoms with van der Waals surface area (Å²) in [5, 5.41) is 26.4. The van der Waals surface area contributed by atoms with Gasteiger partial charge in [-0.25, -0.2) is 0 Å². The second-order valence-electron chi connectivity index (χ2n) is 2.53. The molecule has 0 aromatic rings. The van der Waals surface area contributed by atoms with Gasteiger partial charge in [0, 0.05) is 7.11 Å². The molecule has 14 heavy (non-hydrogen) atoms. The van der Waals surface area contributed by atoms with Gasteiger partial charge < -0.3 is 20.6 Å². The van der Waals surface area contributed by atoms with E-state index in [2.05, 4.69) is 5.32 Å². The van der Waals surface area contributed by atoms with Gasteiger partial charge in [-0.1, -0.05) is 13.8 Å². The van der Waals surface area contributed by atoms with Gasteiger partial charge in [0.05, 0.1) is 26.3 Å². The number of nitrogens with two attached hydrogens (primary N) is 1. The Labute approximate surface area is 88.0 Å². The molecule has 4 heteroatoms. The molecule has 0 spiro atoms. The molecule has 0 aliphatic carbocycles. The molecular formula is C10H28NO3+. The van der Waals surface area contributed by atoms with Gasteiger partial charge in [0.15, 0.2) is 0 Å². The molecule has 0 bridgehead atoms. The SMILES string of the molecule is CC.CO.C[NH2+]CCCCC(O)CO. The van der Waals surface area contributed by atoms with E-state index in [4.69, 9.17) is 15.3 Å². The average molecular weight is 210 g/mol. The van der Waals surface area contributed by atoms with E-state index in [-0.39, 0.29) is 6.61 Å². The van der Waals surface area contributed by atoms with Crippen molar-refractivity contribution in [1.82, 2.24) is 0 Å². The topological polar surface area (TPSA) is 77.3 Å². The number of rotatable bonds is 6. The highest BCUT2D eigenvalue weighted by atomic mass is 16.3. The summed E-state index contributed by atoms with van der Waals surface area (Å²) >= 11 is 0. The Balaban J connectivity index is -0.000000266. The first-order chi connectivity index (χ1) is 6.81. The minimum Gasteiger partial charge on any atom is -0.400 e. The molecule has 90 valence electrons. The highest BCUT2D eigenvalue weighted by Crippen LogP contribution is 1.97. The number of aliphatic hydroxyl groups excluding tert-OH is 3. The smallest absolute Gasteiger partial charge is 0.0771 e. The minimum atomic E-state index is -0.503. The van der Waals surface area contributed by atoms with Crippen molar-refractivity contribution in [2.75, 3.05) is 27.3 Å². The van der Waals surface area contributed by atoms with E-state index in [1.54, 1.807) is 0 Å². The molecule has 0 heterocycles. The van der Waals surface area contributed by atoms with Crippen LogP contribution in [0.2, 0.25) is 0 Å². The van der Waals surface area contributed by atoms with Gasteiger partial charge in [-0.2, -0.15) is 0 Å². The molecule has 0 radical (unpaired) electrons. The van der Waals surface area contributed by atoms with E-state index in [0.29, 0.717) is 0 Å². The molecule has 0 saturated heterocycles. The summed E-state index contributed by atoms with van der Waals surface area (Å²) in [6, 6.07) is 0. The fraction of sp³-hybridized carbons (Fsp3) is 1.00. The number of hydrogen-bond donors (Lipinski definition) is 4. The summed E-state index contributed by atoms with van der Waals surface area (Å²) in [5.74, 6) is 0. The lowest BCUT2D eigenvalue weighted by Gasteiger charge is -2.04. The third-order valence-electron chi connectivity index (χ3n) is 1.49. The minimum absolute atomic E-state index is 0.101. The van der Waals surface area contributed by atoms with Crippen LogP contribution >= 0.6 is 0 Å². The molecule has 1 unspecified atom stereocenters. The maximum Gasteiger partial charge on any atom is 0.0771 e. The van der Waals surface area contributed by atoms with Crippen LogP contribution in [0.3, 0.4) is 0 Å². The van der Waals surface area contributed by atoms with Gasteiger partial charge in [0.2, 0.25) is 0 Å². The fourth-order valence-corrected chi connectivity index (χ4v) is 0.820. The van der Waals surface area contributed by atoms with E-state index in [9.17, 15) is 0 Å². The molecule has 0 fully saturated rings. The van der Waals surface area contributed by atoms with Crippen molar-refractivity contribution in [2.24, 2.45) is 0 Å². The van der Waals surface area contributed by atoms with Crippen LogP contribution in [-0.2, 0) is 0 Å². The predicted octanol–water partition coefficient (Wildman–Crippen LogP) is -0.662. The summed E-state index contributed by atoms with van der Waals surface area (Å²) in [7, 11) is 3.03. The molecule has 0 saturated carbocycles. The van der Waals surface area contributed by atoms with Crippen molar-refractivity contribution in [3.63, 3.8) is 0 Å². The molecule has 4 nitrogen and oxygen atoms in total. The maximum atomic E-state index is 8.90. The first-order valence-corrected chi connectivity index (χ1v) is 5.32. The van der Waals surface area contributed by atoms with Gasteiger partial charge in [-0.05, 0) is 19.3 Å². The number of aliphatic hydroxyl groups is 3. The van der Waals surface area contributed by atoms with Crippen LogP contribution in [0.5, 0.6) is 0 Å². The standard InChI is InChI=1S/C7H17NO2.C2H6.CH4O/c1-8-5-3-2-4-7(10)6-9;2*1-2/h7-10H,2-6H2,1H3;1-2H3;2H,1H3/p+1. The van der Waals surface area contributed by atoms with E-state index in [1.807, 2.05) is 20.9 Å². The van der Waals surface area contributed by atoms with Gasteiger partial charge >= 0.3 is 0 Å². The zero-order valence-electron chi connectivity index (χ0n) is 10.0. The summed E-state index contributed by atoms with van der Waals surface area (Å²) in [5.41, 5.74) is 0. The van der Waals surface area contributed by atoms with Crippen molar-refractivity contribution in [1.29, 1.82) is 0 Å². The molecule has 0 amide bonds. The van der Waals surface area contributed by atoms with Crippen LogP contribution in [0.1, 0.15) is 33.1 Å². The lowest BCUT2D eigenvalue weighted by atomic mass is 10.1. The summed E-state index contributed by atoms with van der Waals surface area (Å²) < 4.78 is 0. The van der Waals surface area contributed by atoms with Crippen molar-refractivity contribution >= 4 is 0 Å². The molecule has 0 aliphatic rings. The lowest BCUT2D eigenvalue weighted by Crippen LogP contribution is -2.79. The normalized spacial score (nSPS) is 10.5. The van der Waals surface area contributed by atoms with Crippen molar-refractivity contribution in [2.45, 2.75) is 39.2 Å². The van der Waals surface area contributed by atoms with E-state index in [1.165, 1.54) is 0 Å². The van der Waals surface area contributed by atoms with Crippen molar-refractivity contribution in [3.8, 4) is 0 Å². The zero-order chi connectivity index (χ0) is 11.8. The first kappa shape index (κ1) is 19.4. The maximum absolute atomic E-state index is 8.90.